The summed E-state index contributed by atoms with van der Waals surface area (Å²) in [6, 6.07) is 6.29. The molecule has 0 spiro atoms. The van der Waals surface area contributed by atoms with E-state index in [4.69, 9.17) is 14.2 Å². The smallest absolute Gasteiger partial charge is 0.420 e. The van der Waals surface area contributed by atoms with E-state index in [2.05, 4.69) is 0 Å². The maximum atomic E-state index is 13.9. The number of piperidine rings is 1. The van der Waals surface area contributed by atoms with E-state index in [1.165, 1.54) is 0 Å². The van der Waals surface area contributed by atoms with Crippen LogP contribution in [0.3, 0.4) is 0 Å². The van der Waals surface area contributed by atoms with Crippen molar-refractivity contribution in [3.8, 4) is 0 Å². The van der Waals surface area contributed by atoms with Crippen LogP contribution in [-0.4, -0.2) is 74.8 Å². The SMILES string of the molecule is C[C@@H]1CCN(C(=O)[C@H](CCC(=O)OCc2ccccc2)N(C(=O)OC(C)(C)C)C(=O)OC(C)(C)C)[C@@H](C(=O)O)C1. The first-order valence-electron chi connectivity index (χ1n) is 13.5. The third-order valence-electron chi connectivity index (χ3n) is 6.07. The molecule has 0 radical (unpaired) electrons. The zero-order chi connectivity index (χ0) is 30.3. The Morgan fingerprint density at radius 2 is 1.52 bits per heavy atom. The van der Waals surface area contributed by atoms with E-state index in [1.807, 2.05) is 13.0 Å². The quantitative estimate of drug-likeness (QED) is 0.351. The number of esters is 1. The van der Waals surface area contributed by atoms with Gasteiger partial charge in [-0.25, -0.2) is 14.4 Å². The summed E-state index contributed by atoms with van der Waals surface area (Å²) >= 11 is 0. The number of likely N-dealkylation sites (tertiary alicyclic amines) is 1. The minimum Gasteiger partial charge on any atom is -0.480 e. The molecule has 0 saturated carbocycles. The number of nitrogens with zero attached hydrogens (tertiary/aromatic N) is 2. The second kappa shape index (κ2) is 13.6. The van der Waals surface area contributed by atoms with Gasteiger partial charge in [-0.1, -0.05) is 37.3 Å². The number of amides is 3. The molecule has 0 aromatic heterocycles. The number of carbonyl (C=O) groups excluding carboxylic acids is 4. The van der Waals surface area contributed by atoms with Gasteiger partial charge in [0, 0.05) is 13.0 Å². The van der Waals surface area contributed by atoms with Crippen LogP contribution in [0.25, 0.3) is 0 Å². The van der Waals surface area contributed by atoms with Crippen molar-refractivity contribution in [2.24, 2.45) is 5.92 Å². The van der Waals surface area contributed by atoms with Crippen molar-refractivity contribution in [1.29, 1.82) is 0 Å². The van der Waals surface area contributed by atoms with Crippen LogP contribution in [0, 0.1) is 5.92 Å². The highest BCUT2D eigenvalue weighted by molar-refractivity contribution is 5.97. The Labute approximate surface area is 235 Å². The first kappa shape index (κ1) is 32.6. The van der Waals surface area contributed by atoms with Gasteiger partial charge in [0.2, 0.25) is 5.91 Å². The molecular formula is C29H42N2O9. The Morgan fingerprint density at radius 3 is 2.02 bits per heavy atom. The van der Waals surface area contributed by atoms with Crippen LogP contribution in [0.2, 0.25) is 0 Å². The molecule has 1 aromatic carbocycles. The molecule has 1 N–H and O–H groups in total. The van der Waals surface area contributed by atoms with E-state index < -0.39 is 53.3 Å². The molecule has 1 aromatic rings. The Morgan fingerprint density at radius 1 is 0.975 bits per heavy atom. The van der Waals surface area contributed by atoms with Crippen LogP contribution in [0.4, 0.5) is 9.59 Å². The first-order valence-corrected chi connectivity index (χ1v) is 13.5. The summed E-state index contributed by atoms with van der Waals surface area (Å²) in [4.78, 5) is 67.1. The summed E-state index contributed by atoms with van der Waals surface area (Å²) in [7, 11) is 0. The van der Waals surface area contributed by atoms with Gasteiger partial charge in [-0.2, -0.15) is 4.90 Å². The largest absolute Gasteiger partial charge is 0.480 e. The van der Waals surface area contributed by atoms with Crippen LogP contribution in [0.1, 0.15) is 79.7 Å². The molecule has 1 fully saturated rings. The highest BCUT2D eigenvalue weighted by Crippen LogP contribution is 2.27. The number of aliphatic carboxylic acids is 1. The molecule has 1 aliphatic rings. The van der Waals surface area contributed by atoms with Gasteiger partial charge in [0.1, 0.15) is 29.9 Å². The predicted molar refractivity (Wildman–Crippen MR) is 145 cm³/mol. The van der Waals surface area contributed by atoms with Crippen LogP contribution in [0.5, 0.6) is 0 Å². The first-order chi connectivity index (χ1) is 18.5. The van der Waals surface area contributed by atoms with Gasteiger partial charge in [-0.15, -0.1) is 0 Å². The van der Waals surface area contributed by atoms with Gasteiger partial charge in [-0.3, -0.25) is 9.59 Å². The minimum absolute atomic E-state index is 0.00519. The molecule has 1 saturated heterocycles. The fraction of sp³-hybridized carbons (Fsp3) is 0.621. The third kappa shape index (κ3) is 10.2. The number of hydrogen-bond donors (Lipinski definition) is 1. The van der Waals surface area contributed by atoms with Gasteiger partial charge in [0.05, 0.1) is 0 Å². The Kier molecular flexibility index (Phi) is 11.1. The molecule has 2 rings (SSSR count). The molecule has 1 aliphatic heterocycles. The zero-order valence-corrected chi connectivity index (χ0v) is 24.5. The van der Waals surface area contributed by atoms with Crippen molar-refractivity contribution in [3.63, 3.8) is 0 Å². The number of carboxylic acid groups (broad SMARTS) is 1. The fourth-order valence-electron chi connectivity index (χ4n) is 4.21. The number of ether oxygens (including phenoxy) is 3. The Balaban J connectivity index is 2.41. The van der Waals surface area contributed by atoms with Gasteiger partial charge >= 0.3 is 24.1 Å². The van der Waals surface area contributed by atoms with Gasteiger partial charge in [-0.05, 0) is 72.3 Å². The van der Waals surface area contributed by atoms with Crippen LogP contribution < -0.4 is 0 Å². The van der Waals surface area contributed by atoms with Crippen molar-refractivity contribution in [2.75, 3.05) is 6.54 Å². The molecule has 3 amide bonds. The number of imide groups is 1. The van der Waals surface area contributed by atoms with Crippen LogP contribution in [0.15, 0.2) is 30.3 Å². The second-order valence-corrected chi connectivity index (χ2v) is 12.0. The molecule has 222 valence electrons. The van der Waals surface area contributed by atoms with Gasteiger partial charge in [0.15, 0.2) is 0 Å². The van der Waals surface area contributed by atoms with E-state index in [1.54, 1.807) is 65.8 Å². The molecule has 0 bridgehead atoms. The highest BCUT2D eigenvalue weighted by Gasteiger charge is 2.45. The van der Waals surface area contributed by atoms with E-state index in [-0.39, 0.29) is 38.3 Å². The topological polar surface area (TPSA) is 140 Å². The normalized spacial score (nSPS) is 18.3. The fourth-order valence-corrected chi connectivity index (χ4v) is 4.21. The molecular weight excluding hydrogens is 520 g/mol. The maximum Gasteiger partial charge on any atom is 0.420 e. The van der Waals surface area contributed by atoms with Crippen molar-refractivity contribution in [3.05, 3.63) is 35.9 Å². The summed E-state index contributed by atoms with van der Waals surface area (Å²) in [5.74, 6) is -2.57. The summed E-state index contributed by atoms with van der Waals surface area (Å²) < 4.78 is 16.2. The van der Waals surface area contributed by atoms with E-state index in [0.29, 0.717) is 11.3 Å². The number of carboxylic acids is 1. The second-order valence-electron chi connectivity index (χ2n) is 12.0. The van der Waals surface area contributed by atoms with Gasteiger partial charge in [0.25, 0.3) is 0 Å². The zero-order valence-electron chi connectivity index (χ0n) is 24.5. The van der Waals surface area contributed by atoms with Crippen molar-refractivity contribution >= 4 is 30.0 Å². The van der Waals surface area contributed by atoms with Gasteiger partial charge < -0.3 is 24.2 Å². The number of benzene rings is 1. The monoisotopic (exact) mass is 562 g/mol. The molecule has 3 atom stereocenters. The van der Waals surface area contributed by atoms with Crippen molar-refractivity contribution in [2.45, 2.75) is 104 Å². The summed E-state index contributed by atoms with van der Waals surface area (Å²) in [5, 5.41) is 9.85. The lowest BCUT2D eigenvalue weighted by Crippen LogP contribution is -2.59. The number of rotatable bonds is 8. The highest BCUT2D eigenvalue weighted by atomic mass is 16.6. The summed E-state index contributed by atoms with van der Waals surface area (Å²) in [5.41, 5.74) is -1.28. The molecule has 0 unspecified atom stereocenters. The third-order valence-corrected chi connectivity index (χ3v) is 6.07. The van der Waals surface area contributed by atoms with E-state index in [0.717, 1.165) is 10.5 Å². The molecule has 11 nitrogen and oxygen atoms in total. The number of carbonyl (C=O) groups is 5. The standard InChI is InChI=1S/C29H42N2O9/c1-19-15-16-30(22(17-19)25(34)35)24(33)21(13-14-23(32)38-18-20-11-9-8-10-12-20)31(26(36)39-28(2,3)4)27(37)40-29(5,6)7/h8-12,19,21-22H,13-18H2,1-7H3,(H,34,35)/t19-,21+,22-/m1/s1. The Bertz CT molecular complexity index is 1030. The average Bonchev–Trinajstić information content (AvgIpc) is 2.83. The molecule has 0 aliphatic carbocycles. The molecule has 1 heterocycles. The lowest BCUT2D eigenvalue weighted by Gasteiger charge is -2.40. The van der Waals surface area contributed by atoms with Crippen molar-refractivity contribution in [1.82, 2.24) is 9.80 Å². The Hall–Kier alpha value is -3.63. The van der Waals surface area contributed by atoms with E-state index in [9.17, 15) is 29.1 Å². The average molecular weight is 563 g/mol. The minimum atomic E-state index is -1.57. The molecule has 40 heavy (non-hydrogen) atoms. The lowest BCUT2D eigenvalue weighted by molar-refractivity contribution is -0.156. The maximum absolute atomic E-state index is 13.9. The van der Waals surface area contributed by atoms with Crippen LogP contribution >= 0.6 is 0 Å². The number of hydrogen-bond acceptors (Lipinski definition) is 8. The summed E-state index contributed by atoms with van der Waals surface area (Å²) in [6.07, 6.45) is -2.17. The van der Waals surface area contributed by atoms with Crippen LogP contribution in [-0.2, 0) is 35.2 Å². The molecule has 11 heteroatoms. The lowest BCUT2D eigenvalue weighted by atomic mass is 9.91. The van der Waals surface area contributed by atoms with E-state index >= 15 is 0 Å². The summed E-state index contributed by atoms with van der Waals surface area (Å²) in [6.45, 7) is 11.6. The predicted octanol–water partition coefficient (Wildman–Crippen LogP) is 4.76. The van der Waals surface area contributed by atoms with Crippen molar-refractivity contribution < 1.29 is 43.3 Å².